The van der Waals surface area contributed by atoms with Crippen molar-refractivity contribution in [3.8, 4) is 5.75 Å². The first kappa shape index (κ1) is 24.8. The Kier molecular flexibility index (Phi) is 8.85. The van der Waals surface area contributed by atoms with E-state index in [0.29, 0.717) is 34.6 Å². The van der Waals surface area contributed by atoms with Crippen molar-refractivity contribution in [2.45, 2.75) is 26.8 Å². The Morgan fingerprint density at radius 1 is 1.33 bits per heavy atom. The van der Waals surface area contributed by atoms with Gasteiger partial charge in [0, 0.05) is 26.1 Å². The predicted octanol–water partition coefficient (Wildman–Crippen LogP) is 1.49. The highest BCUT2D eigenvalue weighted by Crippen LogP contribution is 2.28. The zero-order valence-corrected chi connectivity index (χ0v) is 18.0. The van der Waals surface area contributed by atoms with Gasteiger partial charge >= 0.3 is 0 Å². The second kappa shape index (κ2) is 11.8. The molecule has 1 aliphatic heterocycles. The molecule has 174 valence electrons. The second-order valence-corrected chi connectivity index (χ2v) is 6.63. The molecule has 2 amide bonds. The molecule has 0 saturated heterocycles. The topological polar surface area (TPSA) is 189 Å². The lowest BCUT2D eigenvalue weighted by atomic mass is 10.1. The third kappa shape index (κ3) is 7.02. The van der Waals surface area contributed by atoms with E-state index in [2.05, 4.69) is 25.6 Å². The number of carboxylic acids is 1. The maximum Gasteiger partial charge on any atom is 0.300 e. The number of carboxylic acid groups (broad SMARTS) is 1. The van der Waals surface area contributed by atoms with Gasteiger partial charge in [-0.1, -0.05) is 13.0 Å². The zero-order chi connectivity index (χ0) is 24.4. The largest absolute Gasteiger partial charge is 0.482 e. The molecule has 0 saturated carbocycles. The number of carbonyl (C=O) groups excluding carboxylic acids is 3. The van der Waals surface area contributed by atoms with Gasteiger partial charge < -0.3 is 36.0 Å². The van der Waals surface area contributed by atoms with E-state index >= 15 is 0 Å². The van der Waals surface area contributed by atoms with Gasteiger partial charge in [-0.15, -0.1) is 0 Å². The smallest absolute Gasteiger partial charge is 0.300 e. The Bertz CT molecular complexity index is 1160. The first-order chi connectivity index (χ1) is 15.8. The molecule has 0 spiro atoms. The number of anilines is 2. The van der Waals surface area contributed by atoms with Crippen LogP contribution in [0.1, 0.15) is 36.3 Å². The Hall–Kier alpha value is -4.48. The van der Waals surface area contributed by atoms with Crippen LogP contribution in [0.3, 0.4) is 0 Å². The van der Waals surface area contributed by atoms with Crippen molar-refractivity contribution in [3.05, 3.63) is 42.0 Å². The van der Waals surface area contributed by atoms with Crippen LogP contribution in [0.5, 0.6) is 5.75 Å². The summed E-state index contributed by atoms with van der Waals surface area (Å²) in [5.41, 5.74) is 8.86. The van der Waals surface area contributed by atoms with E-state index in [-0.39, 0.29) is 30.7 Å². The lowest BCUT2D eigenvalue weighted by molar-refractivity contribution is -0.134. The van der Waals surface area contributed by atoms with Gasteiger partial charge in [-0.3, -0.25) is 14.4 Å². The number of hydrogen-bond donors (Lipinski definition) is 5. The summed E-state index contributed by atoms with van der Waals surface area (Å²) in [7, 11) is 0. The highest BCUT2D eigenvalue weighted by atomic mass is 16.5. The van der Waals surface area contributed by atoms with E-state index < -0.39 is 5.97 Å². The van der Waals surface area contributed by atoms with Crippen molar-refractivity contribution in [3.63, 3.8) is 0 Å². The van der Waals surface area contributed by atoms with Gasteiger partial charge in [0.15, 0.2) is 12.3 Å². The number of amides is 2. The fourth-order valence-corrected chi connectivity index (χ4v) is 2.64. The number of benzene rings is 1. The van der Waals surface area contributed by atoms with Crippen molar-refractivity contribution < 1.29 is 29.0 Å². The molecular formula is C21H24N6O6. The van der Waals surface area contributed by atoms with Gasteiger partial charge in [0.1, 0.15) is 23.9 Å². The maximum atomic E-state index is 12.4. The summed E-state index contributed by atoms with van der Waals surface area (Å²) in [5.74, 6) is -0.789. The molecule has 3 aromatic rings. The number of H-pyrrole nitrogens is 1. The Balaban J connectivity index is 0.000000420. The highest BCUT2D eigenvalue weighted by molar-refractivity contribution is 6.05. The summed E-state index contributed by atoms with van der Waals surface area (Å²) in [6.45, 7) is 3.17. The molecule has 0 aliphatic carbocycles. The average Bonchev–Trinajstić information content (AvgIpc) is 3.18. The molecule has 4 rings (SSSR count). The van der Waals surface area contributed by atoms with Crippen molar-refractivity contribution in [2.75, 3.05) is 17.7 Å². The molecule has 0 unspecified atom stereocenters. The summed E-state index contributed by atoms with van der Waals surface area (Å²) in [6.07, 6.45) is 4.38. The molecule has 6 N–H and O–H groups in total. The molecule has 3 heterocycles. The minimum absolute atomic E-state index is 0.00602. The number of rotatable bonds is 4. The first-order valence-electron chi connectivity index (χ1n) is 9.81. The molecule has 12 nitrogen and oxygen atoms in total. The molecule has 12 heteroatoms. The lowest BCUT2D eigenvalue weighted by Gasteiger charge is -2.18. The van der Waals surface area contributed by atoms with Gasteiger partial charge in [-0.2, -0.15) is 0 Å². The number of ether oxygens (including phenoxy) is 1. The van der Waals surface area contributed by atoms with E-state index in [0.717, 1.165) is 18.8 Å². The van der Waals surface area contributed by atoms with Gasteiger partial charge in [0.25, 0.3) is 17.8 Å². The van der Waals surface area contributed by atoms with Gasteiger partial charge in [-0.05, 0) is 17.7 Å². The van der Waals surface area contributed by atoms with E-state index in [1.54, 1.807) is 18.3 Å². The van der Waals surface area contributed by atoms with E-state index in [1.807, 2.05) is 13.0 Å². The number of nitrogens with zero attached hydrogens (tertiary/aromatic N) is 2. The van der Waals surface area contributed by atoms with Crippen LogP contribution >= 0.6 is 0 Å². The molecule has 33 heavy (non-hydrogen) atoms. The lowest BCUT2D eigenvalue weighted by Crippen LogP contribution is -2.26. The second-order valence-electron chi connectivity index (χ2n) is 6.63. The first-order valence-corrected chi connectivity index (χ1v) is 9.81. The number of nitrogens with two attached hydrogens (primary N) is 1. The van der Waals surface area contributed by atoms with Crippen LogP contribution in [0.25, 0.3) is 11.0 Å². The number of aldehydes is 1. The van der Waals surface area contributed by atoms with Crippen LogP contribution in [0.15, 0.2) is 30.7 Å². The quantitative estimate of drug-likeness (QED) is 0.362. The van der Waals surface area contributed by atoms with Crippen LogP contribution < -0.4 is 21.1 Å². The van der Waals surface area contributed by atoms with Crippen molar-refractivity contribution >= 4 is 46.5 Å². The van der Waals surface area contributed by atoms with E-state index in [9.17, 15) is 14.4 Å². The molecule has 0 atom stereocenters. The predicted molar refractivity (Wildman–Crippen MR) is 120 cm³/mol. The van der Waals surface area contributed by atoms with Gasteiger partial charge in [0.2, 0.25) is 0 Å². The maximum absolute atomic E-state index is 12.4. The van der Waals surface area contributed by atoms with Crippen LogP contribution in [0, 0.1) is 0 Å². The molecule has 0 fully saturated rings. The third-order valence-electron chi connectivity index (χ3n) is 4.00. The normalized spacial score (nSPS) is 11.4. The minimum atomic E-state index is -0.833. The molecule has 1 aromatic carbocycles. The standard InChI is InChI=1S/C16H14N6O3.C3H6O.C2H4O2/c17-9-5-18-14-13(9)20-7-21-15(14)16(24)19-4-8-1-2-11-10(3-8)22-12(23)6-25-11;1-2-3-4;1-2(3)4/h1-3,5,7,18H,4,6,17H2,(H,19,24)(H,22,23);3H,2H2,1H3;1H3,(H,3,4). The number of nitrogens with one attached hydrogen (secondary N) is 3. The van der Waals surface area contributed by atoms with Crippen LogP contribution in [-0.4, -0.2) is 50.7 Å². The minimum Gasteiger partial charge on any atom is -0.482 e. The van der Waals surface area contributed by atoms with Crippen molar-refractivity contribution in [1.29, 1.82) is 0 Å². The number of hydrogen-bond acceptors (Lipinski definition) is 8. The molecule has 0 bridgehead atoms. The van der Waals surface area contributed by atoms with Crippen LogP contribution in [-0.2, 0) is 20.9 Å². The highest BCUT2D eigenvalue weighted by Gasteiger charge is 2.17. The molecule has 1 aliphatic rings. The number of nitrogen functional groups attached to an aromatic ring is 1. The summed E-state index contributed by atoms with van der Waals surface area (Å²) in [4.78, 5) is 53.0. The van der Waals surface area contributed by atoms with Crippen molar-refractivity contribution in [1.82, 2.24) is 20.3 Å². The molecular weight excluding hydrogens is 432 g/mol. The Labute approximate surface area is 188 Å². The molecule has 2 aromatic heterocycles. The number of aromatic amines is 1. The summed E-state index contributed by atoms with van der Waals surface area (Å²) in [6, 6.07) is 5.33. The number of aliphatic carboxylic acids is 1. The van der Waals surface area contributed by atoms with E-state index in [1.165, 1.54) is 6.33 Å². The van der Waals surface area contributed by atoms with Gasteiger partial charge in [-0.25, -0.2) is 9.97 Å². The van der Waals surface area contributed by atoms with E-state index in [4.69, 9.17) is 20.4 Å². The number of fused-ring (bicyclic) bond motifs is 2. The summed E-state index contributed by atoms with van der Waals surface area (Å²) in [5, 5.41) is 12.9. The summed E-state index contributed by atoms with van der Waals surface area (Å²) >= 11 is 0. The van der Waals surface area contributed by atoms with Crippen LogP contribution in [0.4, 0.5) is 11.4 Å². The zero-order valence-electron chi connectivity index (χ0n) is 18.0. The summed E-state index contributed by atoms with van der Waals surface area (Å²) < 4.78 is 5.30. The number of carbonyl (C=O) groups is 4. The molecule has 0 radical (unpaired) electrons. The SMILES string of the molecule is CC(=O)O.CCC=O.Nc1c[nH]c2c(C(=O)NCc3ccc4c(c3)NC(=O)CO4)ncnc12. The Morgan fingerprint density at radius 2 is 2.03 bits per heavy atom. The van der Waals surface area contributed by atoms with Crippen molar-refractivity contribution in [2.24, 2.45) is 0 Å². The number of aromatic nitrogens is 3. The fourth-order valence-electron chi connectivity index (χ4n) is 2.64. The average molecular weight is 456 g/mol. The monoisotopic (exact) mass is 456 g/mol. The van der Waals surface area contributed by atoms with Crippen LogP contribution in [0.2, 0.25) is 0 Å². The Morgan fingerprint density at radius 3 is 2.70 bits per heavy atom. The van der Waals surface area contributed by atoms with Gasteiger partial charge in [0.05, 0.1) is 16.9 Å². The fraction of sp³-hybridized carbons (Fsp3) is 0.238. The third-order valence-corrected chi connectivity index (χ3v) is 4.00.